The molecule has 4 aromatic rings. The van der Waals surface area contributed by atoms with Crippen LogP contribution >= 0.6 is 0 Å². The third-order valence-electron chi connectivity index (χ3n) is 4.29. The highest BCUT2D eigenvalue weighted by molar-refractivity contribution is 6.09. The molecule has 1 amide bonds. The van der Waals surface area contributed by atoms with E-state index < -0.39 is 0 Å². The fourth-order valence-electron chi connectivity index (χ4n) is 3.12. The van der Waals surface area contributed by atoms with Crippen molar-refractivity contribution in [3.05, 3.63) is 60.2 Å². The number of H-pyrrole nitrogens is 2. The summed E-state index contributed by atoms with van der Waals surface area (Å²) >= 11 is 0. The quantitative estimate of drug-likeness (QED) is 0.535. The number of fused-ring (bicyclic) bond motifs is 3. The zero-order valence-corrected chi connectivity index (χ0v) is 13.4. The summed E-state index contributed by atoms with van der Waals surface area (Å²) in [5.41, 5.74) is 5.10. The minimum absolute atomic E-state index is 0.0658. The summed E-state index contributed by atoms with van der Waals surface area (Å²) in [7, 11) is 0. The molecule has 5 heteroatoms. The standard InChI is InChI=1S/C19H18N4O/c1-2-12-4-3-5-16-15-7-6-13(8-17(15)23-19(12)16)22-18(24)9-14-10-20-11-21-14/h3-8,10-11,23H,2,9H2,1H3,(H,20,21)(H,22,24). The van der Waals surface area contributed by atoms with E-state index in [0.717, 1.165) is 23.3 Å². The van der Waals surface area contributed by atoms with E-state index in [-0.39, 0.29) is 12.3 Å². The van der Waals surface area contributed by atoms with Crippen LogP contribution in [0.3, 0.4) is 0 Å². The molecule has 0 atom stereocenters. The van der Waals surface area contributed by atoms with Gasteiger partial charge in [0.05, 0.1) is 12.7 Å². The smallest absolute Gasteiger partial charge is 0.230 e. The van der Waals surface area contributed by atoms with Crippen LogP contribution in [0.15, 0.2) is 48.9 Å². The van der Waals surface area contributed by atoms with Crippen molar-refractivity contribution >= 4 is 33.4 Å². The number of aromatic nitrogens is 3. The average molecular weight is 318 g/mol. The van der Waals surface area contributed by atoms with Gasteiger partial charge in [-0.3, -0.25) is 4.79 Å². The van der Waals surface area contributed by atoms with Gasteiger partial charge in [-0.1, -0.05) is 31.2 Å². The van der Waals surface area contributed by atoms with Crippen LogP contribution in [0, 0.1) is 0 Å². The Kier molecular flexibility index (Phi) is 3.54. The van der Waals surface area contributed by atoms with Crippen molar-refractivity contribution in [2.24, 2.45) is 0 Å². The molecule has 0 radical (unpaired) electrons. The highest BCUT2D eigenvalue weighted by atomic mass is 16.1. The zero-order valence-electron chi connectivity index (χ0n) is 13.4. The summed E-state index contributed by atoms with van der Waals surface area (Å²) in [5.74, 6) is -0.0658. The summed E-state index contributed by atoms with van der Waals surface area (Å²) in [5, 5.41) is 5.33. The van der Waals surface area contributed by atoms with Gasteiger partial charge < -0.3 is 15.3 Å². The van der Waals surface area contributed by atoms with Crippen LogP contribution in [0.25, 0.3) is 21.8 Å². The number of anilines is 1. The van der Waals surface area contributed by atoms with Crippen molar-refractivity contribution in [2.75, 3.05) is 5.32 Å². The van der Waals surface area contributed by atoms with Gasteiger partial charge in [0.25, 0.3) is 0 Å². The number of nitrogens with one attached hydrogen (secondary N) is 3. The molecule has 0 fully saturated rings. The van der Waals surface area contributed by atoms with E-state index in [2.05, 4.69) is 51.5 Å². The van der Waals surface area contributed by atoms with Crippen LogP contribution in [-0.2, 0) is 17.6 Å². The average Bonchev–Trinajstić information content (AvgIpc) is 3.21. The molecule has 2 heterocycles. The van der Waals surface area contributed by atoms with Crippen molar-refractivity contribution in [1.29, 1.82) is 0 Å². The predicted octanol–water partition coefficient (Wildman–Crippen LogP) is 3.79. The summed E-state index contributed by atoms with van der Waals surface area (Å²) in [6.07, 6.45) is 4.50. The molecule has 0 bridgehead atoms. The molecule has 2 aromatic carbocycles. The first-order valence-corrected chi connectivity index (χ1v) is 8.05. The van der Waals surface area contributed by atoms with Crippen molar-refractivity contribution in [3.63, 3.8) is 0 Å². The van der Waals surface area contributed by atoms with Crippen molar-refractivity contribution in [3.8, 4) is 0 Å². The number of aromatic amines is 2. The Morgan fingerprint density at radius 3 is 2.92 bits per heavy atom. The van der Waals surface area contributed by atoms with Gasteiger partial charge in [0, 0.05) is 39.4 Å². The summed E-state index contributed by atoms with van der Waals surface area (Å²) in [6.45, 7) is 2.15. The minimum atomic E-state index is -0.0658. The first kappa shape index (κ1) is 14.5. The second-order valence-corrected chi connectivity index (χ2v) is 5.88. The van der Waals surface area contributed by atoms with Gasteiger partial charge >= 0.3 is 0 Å². The molecule has 4 rings (SSSR count). The molecule has 0 aliphatic carbocycles. The number of amides is 1. The van der Waals surface area contributed by atoms with Gasteiger partial charge in [-0.25, -0.2) is 4.98 Å². The Hall–Kier alpha value is -3.08. The number of imidazole rings is 1. The number of carbonyl (C=O) groups is 1. The lowest BCUT2D eigenvalue weighted by Gasteiger charge is -2.04. The van der Waals surface area contributed by atoms with Crippen LogP contribution in [0.2, 0.25) is 0 Å². The van der Waals surface area contributed by atoms with E-state index in [1.807, 2.05) is 12.1 Å². The molecular weight excluding hydrogens is 300 g/mol. The van der Waals surface area contributed by atoms with E-state index in [4.69, 9.17) is 0 Å². The summed E-state index contributed by atoms with van der Waals surface area (Å²) in [6, 6.07) is 12.3. The van der Waals surface area contributed by atoms with Gasteiger partial charge in [0.2, 0.25) is 5.91 Å². The van der Waals surface area contributed by atoms with Gasteiger partial charge in [-0.05, 0) is 24.1 Å². The van der Waals surface area contributed by atoms with Crippen LogP contribution in [0.5, 0.6) is 0 Å². The second kappa shape index (κ2) is 5.85. The van der Waals surface area contributed by atoms with Crippen molar-refractivity contribution in [1.82, 2.24) is 15.0 Å². The number of aryl methyl sites for hydroxylation is 1. The Labute approximate surface area is 139 Å². The second-order valence-electron chi connectivity index (χ2n) is 5.88. The number of benzene rings is 2. The Bertz CT molecular complexity index is 1010. The number of carbonyl (C=O) groups excluding carboxylic acids is 1. The fourth-order valence-corrected chi connectivity index (χ4v) is 3.12. The molecule has 5 nitrogen and oxygen atoms in total. The SMILES string of the molecule is CCc1cccc2c1[nH]c1cc(NC(=O)Cc3cnc[nH]3)ccc12. The highest BCUT2D eigenvalue weighted by Crippen LogP contribution is 2.29. The number of hydrogen-bond acceptors (Lipinski definition) is 2. The van der Waals surface area contributed by atoms with Crippen LogP contribution in [0.4, 0.5) is 5.69 Å². The van der Waals surface area contributed by atoms with Gasteiger partial charge in [0.15, 0.2) is 0 Å². The van der Waals surface area contributed by atoms with Gasteiger partial charge in [-0.15, -0.1) is 0 Å². The highest BCUT2D eigenvalue weighted by Gasteiger charge is 2.09. The van der Waals surface area contributed by atoms with Crippen LogP contribution < -0.4 is 5.32 Å². The first-order valence-electron chi connectivity index (χ1n) is 8.05. The van der Waals surface area contributed by atoms with E-state index in [1.54, 1.807) is 12.5 Å². The molecule has 0 saturated carbocycles. The van der Waals surface area contributed by atoms with Gasteiger partial charge in [-0.2, -0.15) is 0 Å². The fraction of sp³-hybridized carbons (Fsp3) is 0.158. The molecular formula is C19H18N4O. The lowest BCUT2D eigenvalue weighted by Crippen LogP contribution is -2.14. The third kappa shape index (κ3) is 2.54. The Morgan fingerprint density at radius 2 is 2.12 bits per heavy atom. The monoisotopic (exact) mass is 318 g/mol. The van der Waals surface area contributed by atoms with E-state index in [9.17, 15) is 4.79 Å². The lowest BCUT2D eigenvalue weighted by molar-refractivity contribution is -0.115. The van der Waals surface area contributed by atoms with Crippen LogP contribution in [-0.4, -0.2) is 20.9 Å². The normalized spacial score (nSPS) is 11.2. The van der Waals surface area contributed by atoms with E-state index in [0.29, 0.717) is 0 Å². The topological polar surface area (TPSA) is 73.6 Å². The maximum Gasteiger partial charge on any atom is 0.230 e. The number of para-hydroxylation sites is 1. The first-order chi connectivity index (χ1) is 11.7. The molecule has 120 valence electrons. The van der Waals surface area contributed by atoms with E-state index >= 15 is 0 Å². The largest absolute Gasteiger partial charge is 0.354 e. The zero-order chi connectivity index (χ0) is 16.5. The minimum Gasteiger partial charge on any atom is -0.354 e. The molecule has 0 saturated heterocycles. The maximum atomic E-state index is 12.1. The van der Waals surface area contributed by atoms with Crippen molar-refractivity contribution in [2.45, 2.75) is 19.8 Å². The number of rotatable bonds is 4. The predicted molar refractivity (Wildman–Crippen MR) is 96.1 cm³/mol. The lowest BCUT2D eigenvalue weighted by atomic mass is 10.1. The third-order valence-corrected chi connectivity index (χ3v) is 4.29. The summed E-state index contributed by atoms with van der Waals surface area (Å²) < 4.78 is 0. The summed E-state index contributed by atoms with van der Waals surface area (Å²) in [4.78, 5) is 22.5. The van der Waals surface area contributed by atoms with E-state index in [1.165, 1.54) is 21.9 Å². The molecule has 0 aliphatic heterocycles. The molecule has 0 aliphatic rings. The Balaban J connectivity index is 1.65. The van der Waals surface area contributed by atoms with Crippen molar-refractivity contribution < 1.29 is 4.79 Å². The molecule has 3 N–H and O–H groups in total. The maximum absolute atomic E-state index is 12.1. The van der Waals surface area contributed by atoms with Crippen LogP contribution in [0.1, 0.15) is 18.2 Å². The number of hydrogen-bond donors (Lipinski definition) is 3. The molecule has 2 aromatic heterocycles. The number of nitrogens with zero attached hydrogens (tertiary/aromatic N) is 1. The Morgan fingerprint density at radius 1 is 1.21 bits per heavy atom. The molecule has 24 heavy (non-hydrogen) atoms. The molecule has 0 spiro atoms. The molecule has 0 unspecified atom stereocenters. The van der Waals surface area contributed by atoms with Gasteiger partial charge in [0.1, 0.15) is 0 Å².